The van der Waals surface area contributed by atoms with Gasteiger partial charge in [0.2, 0.25) is 0 Å². The number of ether oxygens (including phenoxy) is 1. The Morgan fingerprint density at radius 1 is 1.44 bits per heavy atom. The molecule has 1 N–H and O–H groups in total. The normalized spacial score (nSPS) is 10.3. The maximum absolute atomic E-state index is 13.7. The van der Waals surface area contributed by atoms with Crippen molar-refractivity contribution in [2.75, 3.05) is 13.2 Å². The molecule has 2 nitrogen and oxygen atoms in total. The smallest absolute Gasteiger partial charge is 0.165 e. The first-order chi connectivity index (χ1) is 8.77. The van der Waals surface area contributed by atoms with E-state index in [9.17, 15) is 4.39 Å². The summed E-state index contributed by atoms with van der Waals surface area (Å²) in [7, 11) is 0. The number of benzene rings is 1. The molecule has 1 rings (SSSR count). The first-order valence-corrected chi connectivity index (χ1v) is 6.50. The maximum atomic E-state index is 13.7. The van der Waals surface area contributed by atoms with Crippen LogP contribution in [0.4, 0.5) is 4.39 Å². The van der Waals surface area contributed by atoms with Gasteiger partial charge >= 0.3 is 0 Å². The van der Waals surface area contributed by atoms with Gasteiger partial charge < -0.3 is 10.1 Å². The molecule has 0 aliphatic carbocycles. The van der Waals surface area contributed by atoms with Crippen molar-refractivity contribution in [3.63, 3.8) is 0 Å². The predicted molar refractivity (Wildman–Crippen MR) is 73.3 cm³/mol. The zero-order valence-corrected chi connectivity index (χ0v) is 11.0. The third-order valence-electron chi connectivity index (χ3n) is 2.56. The minimum absolute atomic E-state index is 0.288. The average molecular weight is 251 g/mol. The van der Waals surface area contributed by atoms with E-state index >= 15 is 0 Å². The molecule has 1 aromatic carbocycles. The molecule has 3 heteroatoms. The van der Waals surface area contributed by atoms with Gasteiger partial charge in [-0.15, -0.1) is 6.58 Å². The van der Waals surface area contributed by atoms with Crippen LogP contribution in [-0.2, 0) is 6.54 Å². The molecule has 0 heterocycles. The topological polar surface area (TPSA) is 21.3 Å². The summed E-state index contributed by atoms with van der Waals surface area (Å²) in [6, 6.07) is 5.13. The van der Waals surface area contributed by atoms with Crippen molar-refractivity contribution in [2.24, 2.45) is 0 Å². The Morgan fingerprint density at radius 2 is 2.28 bits per heavy atom. The van der Waals surface area contributed by atoms with Crippen LogP contribution in [0.5, 0.6) is 5.75 Å². The fourth-order valence-electron chi connectivity index (χ4n) is 1.59. The zero-order chi connectivity index (χ0) is 13.2. The Morgan fingerprint density at radius 3 is 2.94 bits per heavy atom. The predicted octanol–water partition coefficient (Wildman–Crippen LogP) is 3.67. The van der Waals surface area contributed by atoms with Gasteiger partial charge in [0.25, 0.3) is 0 Å². The number of hydrogen-bond acceptors (Lipinski definition) is 2. The molecule has 0 aliphatic heterocycles. The van der Waals surface area contributed by atoms with E-state index in [-0.39, 0.29) is 5.82 Å². The highest BCUT2D eigenvalue weighted by molar-refractivity contribution is 5.29. The molecule has 0 fully saturated rings. The zero-order valence-electron chi connectivity index (χ0n) is 11.0. The SMILES string of the molecule is C=CCCCOc1ccc(CNCCC)cc1F. The highest BCUT2D eigenvalue weighted by Gasteiger charge is 2.04. The molecule has 0 saturated carbocycles. The van der Waals surface area contributed by atoms with E-state index in [0.717, 1.165) is 31.4 Å². The molecule has 0 amide bonds. The van der Waals surface area contributed by atoms with Crippen molar-refractivity contribution < 1.29 is 9.13 Å². The molecular formula is C15H22FNO. The monoisotopic (exact) mass is 251 g/mol. The standard InChI is InChI=1S/C15H22FNO/c1-3-5-6-10-18-15-8-7-13(11-14(15)16)12-17-9-4-2/h3,7-8,11,17H,1,4-6,9-10,12H2,2H3. The van der Waals surface area contributed by atoms with Crippen LogP contribution in [0, 0.1) is 5.82 Å². The van der Waals surface area contributed by atoms with E-state index in [1.165, 1.54) is 6.07 Å². The van der Waals surface area contributed by atoms with Gasteiger partial charge in [-0.2, -0.15) is 0 Å². The van der Waals surface area contributed by atoms with Crippen LogP contribution in [0.3, 0.4) is 0 Å². The van der Waals surface area contributed by atoms with E-state index in [0.29, 0.717) is 18.9 Å². The number of rotatable bonds is 9. The first-order valence-electron chi connectivity index (χ1n) is 6.50. The molecule has 0 radical (unpaired) electrons. The number of nitrogens with one attached hydrogen (secondary N) is 1. The van der Waals surface area contributed by atoms with Crippen molar-refractivity contribution >= 4 is 0 Å². The lowest BCUT2D eigenvalue weighted by Crippen LogP contribution is -2.13. The van der Waals surface area contributed by atoms with Crippen molar-refractivity contribution in [3.05, 3.63) is 42.2 Å². The molecular weight excluding hydrogens is 229 g/mol. The molecule has 0 aromatic heterocycles. The summed E-state index contributed by atoms with van der Waals surface area (Å²) >= 11 is 0. The lowest BCUT2D eigenvalue weighted by Gasteiger charge is -2.08. The summed E-state index contributed by atoms with van der Waals surface area (Å²) in [5.74, 6) is 0.0442. The Balaban J connectivity index is 2.43. The molecule has 0 atom stereocenters. The second kappa shape index (κ2) is 8.70. The van der Waals surface area contributed by atoms with Gasteiger partial charge in [-0.05, 0) is 43.5 Å². The number of unbranched alkanes of at least 4 members (excludes halogenated alkanes) is 1. The van der Waals surface area contributed by atoms with Gasteiger partial charge in [-0.1, -0.05) is 19.1 Å². The van der Waals surface area contributed by atoms with Crippen LogP contribution in [0.2, 0.25) is 0 Å². The van der Waals surface area contributed by atoms with Crippen molar-refractivity contribution in [1.29, 1.82) is 0 Å². The van der Waals surface area contributed by atoms with Crippen molar-refractivity contribution in [2.45, 2.75) is 32.7 Å². The van der Waals surface area contributed by atoms with Gasteiger partial charge in [0.05, 0.1) is 6.61 Å². The Hall–Kier alpha value is -1.35. The van der Waals surface area contributed by atoms with Crippen LogP contribution in [0.1, 0.15) is 31.7 Å². The molecule has 1 aromatic rings. The highest BCUT2D eigenvalue weighted by Crippen LogP contribution is 2.18. The summed E-state index contributed by atoms with van der Waals surface area (Å²) < 4.78 is 19.1. The minimum atomic E-state index is -0.288. The lowest BCUT2D eigenvalue weighted by molar-refractivity contribution is 0.296. The van der Waals surface area contributed by atoms with E-state index in [2.05, 4.69) is 18.8 Å². The van der Waals surface area contributed by atoms with Crippen LogP contribution < -0.4 is 10.1 Å². The molecule has 0 spiro atoms. The fraction of sp³-hybridized carbons (Fsp3) is 0.467. The molecule has 18 heavy (non-hydrogen) atoms. The van der Waals surface area contributed by atoms with Crippen LogP contribution >= 0.6 is 0 Å². The summed E-state index contributed by atoms with van der Waals surface area (Å²) in [5.41, 5.74) is 0.944. The Labute approximate surface area is 109 Å². The Bertz CT molecular complexity index is 366. The van der Waals surface area contributed by atoms with Gasteiger partial charge in [0, 0.05) is 6.54 Å². The van der Waals surface area contributed by atoms with Crippen LogP contribution in [0.15, 0.2) is 30.9 Å². The summed E-state index contributed by atoms with van der Waals surface area (Å²) in [4.78, 5) is 0. The fourth-order valence-corrected chi connectivity index (χ4v) is 1.59. The summed E-state index contributed by atoms with van der Waals surface area (Å²) in [6.45, 7) is 7.90. The quantitative estimate of drug-likeness (QED) is 0.534. The van der Waals surface area contributed by atoms with Gasteiger partial charge in [0.15, 0.2) is 11.6 Å². The van der Waals surface area contributed by atoms with Crippen molar-refractivity contribution in [1.82, 2.24) is 5.32 Å². The maximum Gasteiger partial charge on any atom is 0.165 e. The van der Waals surface area contributed by atoms with Crippen molar-refractivity contribution in [3.8, 4) is 5.75 Å². The second-order valence-electron chi connectivity index (χ2n) is 4.22. The van der Waals surface area contributed by atoms with E-state index < -0.39 is 0 Å². The molecule has 0 saturated heterocycles. The van der Waals surface area contributed by atoms with E-state index in [1.807, 2.05) is 12.1 Å². The number of hydrogen-bond donors (Lipinski definition) is 1. The van der Waals surface area contributed by atoms with E-state index in [1.54, 1.807) is 6.07 Å². The van der Waals surface area contributed by atoms with Crippen LogP contribution in [0.25, 0.3) is 0 Å². The number of halogens is 1. The lowest BCUT2D eigenvalue weighted by atomic mass is 10.2. The van der Waals surface area contributed by atoms with E-state index in [4.69, 9.17) is 4.74 Å². The van der Waals surface area contributed by atoms with Gasteiger partial charge in [-0.3, -0.25) is 0 Å². The summed E-state index contributed by atoms with van der Waals surface area (Å²) in [5, 5.41) is 3.24. The molecule has 0 aliphatic rings. The number of allylic oxidation sites excluding steroid dienone is 1. The minimum Gasteiger partial charge on any atom is -0.491 e. The van der Waals surface area contributed by atoms with Gasteiger partial charge in [0.1, 0.15) is 0 Å². The first kappa shape index (κ1) is 14.7. The largest absolute Gasteiger partial charge is 0.491 e. The van der Waals surface area contributed by atoms with Crippen LogP contribution in [-0.4, -0.2) is 13.2 Å². The molecule has 0 bridgehead atoms. The summed E-state index contributed by atoms with van der Waals surface area (Å²) in [6.07, 6.45) is 4.67. The third-order valence-corrected chi connectivity index (χ3v) is 2.56. The third kappa shape index (κ3) is 5.32. The average Bonchev–Trinajstić information content (AvgIpc) is 2.37. The molecule has 100 valence electrons. The highest BCUT2D eigenvalue weighted by atomic mass is 19.1. The van der Waals surface area contributed by atoms with Gasteiger partial charge in [-0.25, -0.2) is 4.39 Å². The molecule has 0 unspecified atom stereocenters. The second-order valence-corrected chi connectivity index (χ2v) is 4.22. The Kier molecular flexibility index (Phi) is 7.11.